The maximum absolute atomic E-state index is 12.5. The molecule has 2 amide bonds. The zero-order valence-corrected chi connectivity index (χ0v) is 23.3. The molecule has 0 heterocycles. The molecule has 37 heavy (non-hydrogen) atoms. The van der Waals surface area contributed by atoms with Crippen LogP contribution in [-0.2, 0) is 19.1 Å². The fourth-order valence-electron chi connectivity index (χ4n) is 4.94. The van der Waals surface area contributed by atoms with E-state index in [2.05, 4.69) is 36.0 Å². The highest BCUT2D eigenvalue weighted by atomic mass is 16.5. The van der Waals surface area contributed by atoms with Crippen molar-refractivity contribution in [3.05, 3.63) is 29.8 Å². The third-order valence-electron chi connectivity index (χ3n) is 6.75. The lowest BCUT2D eigenvalue weighted by molar-refractivity contribution is -0.144. The Morgan fingerprint density at radius 2 is 1.62 bits per heavy atom. The van der Waals surface area contributed by atoms with Crippen molar-refractivity contribution in [2.75, 3.05) is 26.9 Å². The summed E-state index contributed by atoms with van der Waals surface area (Å²) >= 11 is 0. The van der Waals surface area contributed by atoms with Gasteiger partial charge in [0.25, 0.3) is 0 Å². The number of rotatable bonds is 20. The number of hydrogen-bond acceptors (Lipinski definition) is 6. The first-order chi connectivity index (χ1) is 17.8. The highest BCUT2D eigenvalue weighted by Gasteiger charge is 2.30. The van der Waals surface area contributed by atoms with Gasteiger partial charge in [0, 0.05) is 12.8 Å². The van der Waals surface area contributed by atoms with E-state index in [4.69, 9.17) is 15.2 Å². The number of primary amides is 1. The van der Waals surface area contributed by atoms with Crippen LogP contribution in [0.1, 0.15) is 96.5 Å². The van der Waals surface area contributed by atoms with E-state index in [-0.39, 0.29) is 42.8 Å². The van der Waals surface area contributed by atoms with E-state index < -0.39 is 6.09 Å². The van der Waals surface area contributed by atoms with E-state index in [1.54, 1.807) is 7.11 Å². The molecule has 0 saturated heterocycles. The van der Waals surface area contributed by atoms with Gasteiger partial charge >= 0.3 is 12.1 Å². The van der Waals surface area contributed by atoms with Crippen molar-refractivity contribution >= 4 is 18.0 Å². The van der Waals surface area contributed by atoms with Gasteiger partial charge < -0.3 is 25.3 Å². The first-order valence-electron chi connectivity index (χ1n) is 13.8. The standard InChI is InChI=1S/C29H48N2O6/c1-5-7-8-9-10-11-12-23(15-18-26(32)31-19-20-37-29(30)34)28(22(3)21-27(33)36-6-2)24-13-16-25(35-4)17-14-24/h13-14,16-17,22-23,28H,5-12,15,18-21H2,1-4H3,(H2,30,34)(H,31,32). The highest BCUT2D eigenvalue weighted by molar-refractivity contribution is 5.75. The second-order valence-electron chi connectivity index (χ2n) is 9.66. The summed E-state index contributed by atoms with van der Waals surface area (Å²) in [4.78, 5) is 35.6. The molecule has 3 N–H and O–H groups in total. The van der Waals surface area contributed by atoms with Gasteiger partial charge in [-0.2, -0.15) is 0 Å². The van der Waals surface area contributed by atoms with E-state index in [9.17, 15) is 14.4 Å². The van der Waals surface area contributed by atoms with Gasteiger partial charge in [-0.3, -0.25) is 9.59 Å². The predicted octanol–water partition coefficient (Wildman–Crippen LogP) is 5.73. The minimum absolute atomic E-state index is 0.0459. The number of ether oxygens (including phenoxy) is 3. The van der Waals surface area contributed by atoms with Crippen LogP contribution in [0.15, 0.2) is 24.3 Å². The second-order valence-corrected chi connectivity index (χ2v) is 9.66. The van der Waals surface area contributed by atoms with Crippen molar-refractivity contribution < 1.29 is 28.6 Å². The molecule has 210 valence electrons. The van der Waals surface area contributed by atoms with Crippen molar-refractivity contribution in [3.63, 3.8) is 0 Å². The van der Waals surface area contributed by atoms with Gasteiger partial charge in [0.05, 0.1) is 20.3 Å². The minimum atomic E-state index is -0.855. The Morgan fingerprint density at radius 1 is 0.946 bits per heavy atom. The summed E-state index contributed by atoms with van der Waals surface area (Å²) < 4.78 is 15.3. The number of esters is 1. The summed E-state index contributed by atoms with van der Waals surface area (Å²) in [5.41, 5.74) is 6.11. The number of carbonyl (C=O) groups excluding carboxylic acids is 3. The zero-order chi connectivity index (χ0) is 27.5. The molecular weight excluding hydrogens is 472 g/mol. The third kappa shape index (κ3) is 13.9. The molecule has 8 heteroatoms. The fraction of sp³-hybridized carbons (Fsp3) is 0.690. The maximum atomic E-state index is 12.5. The lowest BCUT2D eigenvalue weighted by atomic mass is 9.72. The number of hydrogen-bond donors (Lipinski definition) is 2. The number of unbranched alkanes of at least 4 members (excludes halogenated alkanes) is 5. The SMILES string of the molecule is CCCCCCCCC(CCC(=O)NCCOC(N)=O)C(c1ccc(OC)cc1)C(C)CC(=O)OCC. The largest absolute Gasteiger partial charge is 0.497 e. The molecule has 8 nitrogen and oxygen atoms in total. The Balaban J connectivity index is 3.01. The van der Waals surface area contributed by atoms with Gasteiger partial charge in [-0.1, -0.05) is 64.5 Å². The molecule has 0 radical (unpaired) electrons. The van der Waals surface area contributed by atoms with Gasteiger partial charge in [-0.05, 0) is 55.2 Å². The quantitative estimate of drug-likeness (QED) is 0.168. The Hall–Kier alpha value is -2.77. The van der Waals surface area contributed by atoms with Gasteiger partial charge in [-0.25, -0.2) is 4.79 Å². The van der Waals surface area contributed by atoms with Crippen LogP contribution < -0.4 is 15.8 Å². The Labute approximate surface area is 223 Å². The third-order valence-corrected chi connectivity index (χ3v) is 6.75. The van der Waals surface area contributed by atoms with E-state index in [0.717, 1.165) is 30.6 Å². The summed E-state index contributed by atoms with van der Waals surface area (Å²) in [6.07, 6.45) is 8.69. The van der Waals surface area contributed by atoms with Crippen LogP contribution in [0.4, 0.5) is 4.79 Å². The van der Waals surface area contributed by atoms with Crippen LogP contribution in [0.3, 0.4) is 0 Å². The molecule has 0 aliphatic heterocycles. The molecule has 0 aliphatic rings. The molecule has 1 aromatic carbocycles. The first kappa shape index (κ1) is 32.3. The summed E-state index contributed by atoms with van der Waals surface area (Å²) in [6.45, 7) is 6.77. The number of nitrogens with two attached hydrogens (primary N) is 1. The van der Waals surface area contributed by atoms with Gasteiger partial charge in [0.2, 0.25) is 5.91 Å². The number of benzene rings is 1. The number of amides is 2. The van der Waals surface area contributed by atoms with E-state index in [1.807, 2.05) is 19.1 Å². The molecule has 1 aromatic rings. The van der Waals surface area contributed by atoms with Crippen molar-refractivity contribution in [2.24, 2.45) is 17.6 Å². The Bertz CT molecular complexity index is 783. The average molecular weight is 521 g/mol. The maximum Gasteiger partial charge on any atom is 0.404 e. The van der Waals surface area contributed by atoms with Crippen LogP contribution in [0.5, 0.6) is 5.75 Å². The number of nitrogens with one attached hydrogen (secondary N) is 1. The van der Waals surface area contributed by atoms with Crippen LogP contribution in [0.2, 0.25) is 0 Å². The molecule has 0 saturated carbocycles. The van der Waals surface area contributed by atoms with Crippen molar-refractivity contribution in [2.45, 2.75) is 90.9 Å². The van der Waals surface area contributed by atoms with E-state index in [0.29, 0.717) is 25.9 Å². The first-order valence-corrected chi connectivity index (χ1v) is 13.8. The minimum Gasteiger partial charge on any atom is -0.497 e. The molecule has 0 aromatic heterocycles. The molecule has 3 unspecified atom stereocenters. The molecule has 0 bridgehead atoms. The average Bonchev–Trinajstić information content (AvgIpc) is 2.87. The molecule has 0 fully saturated rings. The molecular formula is C29H48N2O6. The lowest BCUT2D eigenvalue weighted by Crippen LogP contribution is -2.30. The summed E-state index contributed by atoms with van der Waals surface area (Å²) in [7, 11) is 1.64. The van der Waals surface area contributed by atoms with Crippen LogP contribution in [0, 0.1) is 11.8 Å². The van der Waals surface area contributed by atoms with Crippen LogP contribution in [-0.4, -0.2) is 44.8 Å². The summed E-state index contributed by atoms with van der Waals surface area (Å²) in [5, 5.41) is 2.79. The van der Waals surface area contributed by atoms with Crippen LogP contribution >= 0.6 is 0 Å². The van der Waals surface area contributed by atoms with Gasteiger partial charge in [0.15, 0.2) is 0 Å². The second kappa shape index (κ2) is 19.4. The van der Waals surface area contributed by atoms with Gasteiger partial charge in [0.1, 0.15) is 12.4 Å². The van der Waals surface area contributed by atoms with Crippen molar-refractivity contribution in [3.8, 4) is 5.75 Å². The van der Waals surface area contributed by atoms with Crippen LogP contribution in [0.25, 0.3) is 0 Å². The topological polar surface area (TPSA) is 117 Å². The van der Waals surface area contributed by atoms with Crippen molar-refractivity contribution in [1.82, 2.24) is 5.32 Å². The van der Waals surface area contributed by atoms with Gasteiger partial charge in [-0.15, -0.1) is 0 Å². The van der Waals surface area contributed by atoms with E-state index in [1.165, 1.54) is 25.7 Å². The normalized spacial score (nSPS) is 13.3. The Kier molecular flexibility index (Phi) is 16.9. The molecule has 0 aliphatic carbocycles. The molecule has 3 atom stereocenters. The molecule has 0 spiro atoms. The lowest BCUT2D eigenvalue weighted by Gasteiger charge is -2.32. The number of methoxy groups -OCH3 is 1. The molecule has 1 rings (SSSR count). The Morgan fingerprint density at radius 3 is 2.24 bits per heavy atom. The smallest absolute Gasteiger partial charge is 0.404 e. The van der Waals surface area contributed by atoms with E-state index >= 15 is 0 Å². The van der Waals surface area contributed by atoms with Crippen molar-refractivity contribution in [1.29, 1.82) is 0 Å². The zero-order valence-electron chi connectivity index (χ0n) is 23.3. The summed E-state index contributed by atoms with van der Waals surface area (Å²) in [6, 6.07) is 8.04. The predicted molar refractivity (Wildman–Crippen MR) is 145 cm³/mol. The summed E-state index contributed by atoms with van der Waals surface area (Å²) in [5.74, 6) is 0.857. The monoisotopic (exact) mass is 520 g/mol. The highest BCUT2D eigenvalue weighted by Crippen LogP contribution is 2.40. The fourth-order valence-corrected chi connectivity index (χ4v) is 4.94. The number of carbonyl (C=O) groups is 3.